The van der Waals surface area contributed by atoms with Crippen molar-refractivity contribution in [1.29, 1.82) is 0 Å². The lowest BCUT2D eigenvalue weighted by Crippen LogP contribution is -2.51. The highest BCUT2D eigenvalue weighted by atomic mass is 32.2. The molecule has 2 unspecified atom stereocenters. The maximum absolute atomic E-state index is 14.0. The minimum atomic E-state index is -4.17. The van der Waals surface area contributed by atoms with Crippen LogP contribution in [0.4, 0.5) is 5.69 Å². The van der Waals surface area contributed by atoms with Gasteiger partial charge in [-0.3, -0.25) is 0 Å². The molecule has 0 aromatic heterocycles. The van der Waals surface area contributed by atoms with Crippen LogP contribution in [-0.2, 0) is 14.8 Å². The molecule has 0 aliphatic carbocycles. The average Bonchev–Trinajstić information content (AvgIpc) is 3.61. The molecular weight excluding hydrogens is 566 g/mol. The van der Waals surface area contributed by atoms with Crippen LogP contribution >= 0.6 is 0 Å². The molecule has 2 aliphatic heterocycles. The highest BCUT2D eigenvalue weighted by Gasteiger charge is 2.60. The van der Waals surface area contributed by atoms with Gasteiger partial charge >= 0.3 is 0 Å². The van der Waals surface area contributed by atoms with Crippen molar-refractivity contribution in [3.63, 3.8) is 0 Å². The van der Waals surface area contributed by atoms with E-state index in [1.54, 1.807) is 24.3 Å². The summed E-state index contributed by atoms with van der Waals surface area (Å²) in [6.07, 6.45) is 1.98. The molecule has 2 aliphatic rings. The smallest absolute Gasteiger partial charge is 0.285 e. The molecule has 44 heavy (non-hydrogen) atoms. The van der Waals surface area contributed by atoms with Gasteiger partial charge in [-0.25, -0.2) is 5.01 Å². The van der Waals surface area contributed by atoms with Crippen LogP contribution in [0.5, 0.6) is 0 Å². The number of para-hydroxylation sites is 1. The molecule has 7 rings (SSSR count). The first-order valence-corrected chi connectivity index (χ1v) is 15.8. The quantitative estimate of drug-likeness (QED) is 0.203. The molecule has 0 N–H and O–H groups in total. The van der Waals surface area contributed by atoms with Gasteiger partial charge in [0.1, 0.15) is 5.76 Å². The number of aryl methyl sites for hydroxylation is 1. The zero-order chi connectivity index (χ0) is 30.1. The van der Waals surface area contributed by atoms with E-state index in [4.69, 9.17) is 9.84 Å². The average molecular weight is 596 g/mol. The second kappa shape index (κ2) is 11.1. The number of benzene rings is 5. The third kappa shape index (κ3) is 4.81. The van der Waals surface area contributed by atoms with E-state index >= 15 is 0 Å². The fourth-order valence-corrected chi connectivity index (χ4v) is 6.84. The molecule has 0 amide bonds. The molecule has 5 aromatic rings. The summed E-state index contributed by atoms with van der Waals surface area (Å²) in [5.74, 6) is 0.0682. The molecule has 0 bridgehead atoms. The van der Waals surface area contributed by atoms with Gasteiger partial charge in [0.25, 0.3) is 10.0 Å². The Morgan fingerprint density at radius 2 is 1.25 bits per heavy atom. The van der Waals surface area contributed by atoms with E-state index in [-0.39, 0.29) is 10.8 Å². The minimum Gasteiger partial charge on any atom is -0.439 e. The summed E-state index contributed by atoms with van der Waals surface area (Å²) in [5.41, 5.74) is 3.91. The van der Waals surface area contributed by atoms with E-state index in [2.05, 4.69) is 4.40 Å². The van der Waals surface area contributed by atoms with E-state index in [0.29, 0.717) is 5.76 Å². The Labute approximate surface area is 257 Å². The summed E-state index contributed by atoms with van der Waals surface area (Å²) >= 11 is 0. The van der Waals surface area contributed by atoms with Crippen molar-refractivity contribution in [3.05, 3.63) is 174 Å². The summed E-state index contributed by atoms with van der Waals surface area (Å²) < 4.78 is 39.0. The number of hydrogen-bond acceptors (Lipinski definition) is 5. The SMILES string of the molecule is Cc1ccc(S(=O)(=O)/N=C2\OC(c3ccccc3)=CC23C(c2ccccc2)C(c2ccccc2)=NN3c2ccccc2)cc1. The first-order valence-electron chi connectivity index (χ1n) is 14.4. The molecule has 0 saturated heterocycles. The number of hydrazone groups is 1. The van der Waals surface area contributed by atoms with E-state index in [9.17, 15) is 8.42 Å². The van der Waals surface area contributed by atoms with Gasteiger partial charge in [-0.2, -0.15) is 13.5 Å². The van der Waals surface area contributed by atoms with Crippen molar-refractivity contribution in [2.24, 2.45) is 9.50 Å². The molecule has 0 radical (unpaired) electrons. The lowest BCUT2D eigenvalue weighted by molar-refractivity contribution is 0.474. The van der Waals surface area contributed by atoms with E-state index in [1.807, 2.05) is 139 Å². The summed E-state index contributed by atoms with van der Waals surface area (Å²) in [6, 6.07) is 46.1. The van der Waals surface area contributed by atoms with Crippen molar-refractivity contribution in [3.8, 4) is 0 Å². The van der Waals surface area contributed by atoms with Gasteiger partial charge < -0.3 is 4.74 Å². The van der Waals surface area contributed by atoms with Gasteiger partial charge in [0.05, 0.1) is 22.2 Å². The van der Waals surface area contributed by atoms with Crippen LogP contribution in [0.2, 0.25) is 0 Å². The lowest BCUT2D eigenvalue weighted by Gasteiger charge is -2.36. The van der Waals surface area contributed by atoms with E-state index in [1.165, 1.54) is 0 Å². The molecule has 7 heteroatoms. The van der Waals surface area contributed by atoms with Crippen LogP contribution in [0.1, 0.15) is 28.2 Å². The Balaban J connectivity index is 1.54. The molecule has 2 heterocycles. The van der Waals surface area contributed by atoms with Gasteiger partial charge in [-0.05, 0) is 48.4 Å². The Kier molecular flexibility index (Phi) is 6.95. The minimum absolute atomic E-state index is 0.0318. The number of ether oxygens (including phenoxy) is 1. The van der Waals surface area contributed by atoms with Crippen molar-refractivity contribution in [1.82, 2.24) is 0 Å². The predicted octanol–water partition coefficient (Wildman–Crippen LogP) is 7.60. The lowest BCUT2D eigenvalue weighted by atomic mass is 9.75. The van der Waals surface area contributed by atoms with E-state index < -0.39 is 21.5 Å². The summed E-state index contributed by atoms with van der Waals surface area (Å²) in [6.45, 7) is 1.91. The number of hydrogen-bond donors (Lipinski definition) is 0. The molecule has 0 fully saturated rings. The summed E-state index contributed by atoms with van der Waals surface area (Å²) in [7, 11) is -4.17. The number of sulfonamides is 1. The van der Waals surface area contributed by atoms with Crippen LogP contribution in [0.3, 0.4) is 0 Å². The van der Waals surface area contributed by atoms with Crippen LogP contribution in [-0.4, -0.2) is 25.6 Å². The molecular formula is C37H29N3O3S. The second-order valence-electron chi connectivity index (χ2n) is 10.8. The van der Waals surface area contributed by atoms with Crippen LogP contribution in [0, 0.1) is 6.92 Å². The van der Waals surface area contributed by atoms with Gasteiger partial charge in [-0.1, -0.05) is 127 Å². The normalized spacial score (nSPS) is 20.4. The van der Waals surface area contributed by atoms with Gasteiger partial charge in [0.2, 0.25) is 5.90 Å². The van der Waals surface area contributed by atoms with Crippen molar-refractivity contribution in [2.45, 2.75) is 23.3 Å². The third-order valence-corrected chi connectivity index (χ3v) is 9.23. The second-order valence-corrected chi connectivity index (χ2v) is 12.4. The molecule has 216 valence electrons. The fraction of sp³-hybridized carbons (Fsp3) is 0.0811. The van der Waals surface area contributed by atoms with Crippen LogP contribution in [0.15, 0.2) is 166 Å². The summed E-state index contributed by atoms with van der Waals surface area (Å²) in [5, 5.41) is 7.13. The van der Waals surface area contributed by atoms with Crippen molar-refractivity contribution >= 4 is 33.1 Å². The monoisotopic (exact) mass is 595 g/mol. The fourth-order valence-electron chi connectivity index (χ4n) is 5.85. The first-order chi connectivity index (χ1) is 21.5. The number of nitrogens with zero attached hydrogens (tertiary/aromatic N) is 3. The Morgan fingerprint density at radius 1 is 0.705 bits per heavy atom. The zero-order valence-corrected chi connectivity index (χ0v) is 24.8. The Morgan fingerprint density at radius 3 is 1.86 bits per heavy atom. The maximum atomic E-state index is 14.0. The largest absolute Gasteiger partial charge is 0.439 e. The number of rotatable bonds is 6. The number of anilines is 1. The molecule has 6 nitrogen and oxygen atoms in total. The van der Waals surface area contributed by atoms with Crippen LogP contribution < -0.4 is 5.01 Å². The molecule has 1 spiro atoms. The van der Waals surface area contributed by atoms with Crippen molar-refractivity contribution < 1.29 is 13.2 Å². The van der Waals surface area contributed by atoms with Crippen LogP contribution in [0.25, 0.3) is 5.76 Å². The Bertz CT molecular complexity index is 1990. The predicted molar refractivity (Wildman–Crippen MR) is 175 cm³/mol. The molecule has 2 atom stereocenters. The topological polar surface area (TPSA) is 71.3 Å². The highest BCUT2D eigenvalue weighted by Crippen LogP contribution is 2.51. The zero-order valence-electron chi connectivity index (χ0n) is 24.0. The van der Waals surface area contributed by atoms with Crippen molar-refractivity contribution in [2.75, 3.05) is 5.01 Å². The molecule has 0 saturated carbocycles. The Hall–Kier alpha value is -5.27. The maximum Gasteiger partial charge on any atom is 0.285 e. The summed E-state index contributed by atoms with van der Waals surface area (Å²) in [4.78, 5) is 0.0900. The van der Waals surface area contributed by atoms with Gasteiger partial charge in [-0.15, -0.1) is 4.40 Å². The van der Waals surface area contributed by atoms with E-state index in [0.717, 1.165) is 33.7 Å². The van der Waals surface area contributed by atoms with Gasteiger partial charge in [0.15, 0.2) is 5.54 Å². The third-order valence-electron chi connectivity index (χ3n) is 7.96. The highest BCUT2D eigenvalue weighted by molar-refractivity contribution is 7.90. The van der Waals surface area contributed by atoms with Gasteiger partial charge in [0, 0.05) is 5.56 Å². The first kappa shape index (κ1) is 27.6. The standard InChI is InChI=1S/C37H29N3O3S/c1-27-22-24-32(25-23-27)44(41,42)39-36-37(26-33(43-36)28-14-6-2-7-15-28)34(29-16-8-3-9-17-29)35(30-18-10-4-11-19-30)38-40(37)31-20-12-5-13-21-31/h2-26,34H,1H3/b39-36-. The molecule has 5 aromatic carbocycles.